The number of nitrogens with one attached hydrogen (secondary N) is 3. The number of phenols is 1. The van der Waals surface area contributed by atoms with Crippen molar-refractivity contribution in [2.24, 2.45) is 5.92 Å². The van der Waals surface area contributed by atoms with Crippen LogP contribution in [0.1, 0.15) is 43.2 Å². The summed E-state index contributed by atoms with van der Waals surface area (Å²) in [4.78, 5) is 0. The molecule has 5 heteroatoms. The predicted octanol–water partition coefficient (Wildman–Crippen LogP) is 4.36. The zero-order valence-corrected chi connectivity index (χ0v) is 16.0. The van der Waals surface area contributed by atoms with Gasteiger partial charge in [-0.25, -0.2) is 0 Å². The van der Waals surface area contributed by atoms with Gasteiger partial charge in [-0.1, -0.05) is 12.8 Å². The molecule has 6 rings (SSSR count). The highest BCUT2D eigenvalue weighted by molar-refractivity contribution is 5.83. The molecular formula is C23H26N4O. The smallest absolute Gasteiger partial charge is 0.139 e. The van der Waals surface area contributed by atoms with Crippen LogP contribution in [0.3, 0.4) is 0 Å². The van der Waals surface area contributed by atoms with Gasteiger partial charge in [0, 0.05) is 22.5 Å². The molecule has 0 radical (unpaired) electrons. The number of fused-ring (bicyclic) bond motifs is 2. The van der Waals surface area contributed by atoms with Crippen LogP contribution >= 0.6 is 0 Å². The summed E-state index contributed by atoms with van der Waals surface area (Å²) in [6.07, 6.45) is 9.34. The number of H-pyrrole nitrogens is 1. The summed E-state index contributed by atoms with van der Waals surface area (Å²) < 4.78 is 0. The Kier molecular flexibility index (Phi) is 3.51. The van der Waals surface area contributed by atoms with Gasteiger partial charge in [-0.15, -0.1) is 0 Å². The minimum Gasteiger partial charge on any atom is -0.506 e. The van der Waals surface area contributed by atoms with Crippen LogP contribution in [0.25, 0.3) is 10.9 Å². The van der Waals surface area contributed by atoms with Crippen LogP contribution in [0.5, 0.6) is 5.75 Å². The maximum atomic E-state index is 10.9. The van der Waals surface area contributed by atoms with E-state index in [1.807, 2.05) is 18.3 Å². The summed E-state index contributed by atoms with van der Waals surface area (Å²) in [5.41, 5.74) is 5.87. The Morgan fingerprint density at radius 3 is 3.07 bits per heavy atom. The van der Waals surface area contributed by atoms with E-state index in [0.717, 1.165) is 41.2 Å². The number of benzene rings is 2. The van der Waals surface area contributed by atoms with Gasteiger partial charge in [0.1, 0.15) is 5.75 Å². The fraction of sp³-hybridized carbons (Fsp3) is 0.435. The van der Waals surface area contributed by atoms with Gasteiger partial charge >= 0.3 is 0 Å². The number of hydrogen-bond donors (Lipinski definition) is 4. The van der Waals surface area contributed by atoms with Crippen molar-refractivity contribution in [3.8, 4) is 5.75 Å². The largest absolute Gasteiger partial charge is 0.506 e. The van der Waals surface area contributed by atoms with Crippen molar-refractivity contribution < 1.29 is 5.11 Å². The van der Waals surface area contributed by atoms with Crippen molar-refractivity contribution in [3.63, 3.8) is 0 Å². The fourth-order valence-electron chi connectivity index (χ4n) is 6.25. The quantitative estimate of drug-likeness (QED) is 0.503. The Bertz CT molecular complexity index is 1050. The number of aromatic hydroxyl groups is 1. The first-order valence-corrected chi connectivity index (χ1v) is 10.5. The predicted molar refractivity (Wildman–Crippen MR) is 111 cm³/mol. The van der Waals surface area contributed by atoms with Crippen LogP contribution in [0.4, 0.5) is 11.4 Å². The molecule has 4 N–H and O–H groups in total. The summed E-state index contributed by atoms with van der Waals surface area (Å²) >= 11 is 0. The molecule has 28 heavy (non-hydrogen) atoms. The Morgan fingerprint density at radius 2 is 2.11 bits per heavy atom. The minimum absolute atomic E-state index is 0.271. The molecule has 0 spiro atoms. The first kappa shape index (κ1) is 16.4. The van der Waals surface area contributed by atoms with Gasteiger partial charge in [-0.3, -0.25) is 5.10 Å². The highest BCUT2D eigenvalue weighted by Gasteiger charge is 2.51. The molecule has 2 bridgehead atoms. The van der Waals surface area contributed by atoms with Gasteiger partial charge in [-0.2, -0.15) is 5.10 Å². The van der Waals surface area contributed by atoms with Crippen molar-refractivity contribution in [2.45, 2.75) is 50.0 Å². The Balaban J connectivity index is 1.40. The van der Waals surface area contributed by atoms with Crippen LogP contribution in [0.2, 0.25) is 0 Å². The van der Waals surface area contributed by atoms with Gasteiger partial charge < -0.3 is 15.7 Å². The van der Waals surface area contributed by atoms with Crippen LogP contribution in [0.15, 0.2) is 36.5 Å². The summed E-state index contributed by atoms with van der Waals surface area (Å²) in [7, 11) is 0. The van der Waals surface area contributed by atoms with E-state index in [1.54, 1.807) is 0 Å². The number of piperidine rings is 1. The molecule has 5 nitrogen and oxygen atoms in total. The van der Waals surface area contributed by atoms with E-state index < -0.39 is 0 Å². The number of aromatic nitrogens is 2. The second-order valence-corrected chi connectivity index (χ2v) is 8.85. The monoisotopic (exact) mass is 374 g/mol. The van der Waals surface area contributed by atoms with E-state index in [4.69, 9.17) is 0 Å². The summed E-state index contributed by atoms with van der Waals surface area (Å²) in [5.74, 6) is 1.09. The lowest BCUT2D eigenvalue weighted by Crippen LogP contribution is -2.59. The highest BCUT2D eigenvalue weighted by Crippen LogP contribution is 2.55. The van der Waals surface area contributed by atoms with Gasteiger partial charge in [0.15, 0.2) is 0 Å². The highest BCUT2D eigenvalue weighted by atomic mass is 16.3. The van der Waals surface area contributed by atoms with Gasteiger partial charge in [-0.05, 0) is 79.6 Å². The van der Waals surface area contributed by atoms with Crippen molar-refractivity contribution in [2.75, 3.05) is 11.9 Å². The van der Waals surface area contributed by atoms with E-state index in [0.29, 0.717) is 11.8 Å². The minimum atomic E-state index is 0.271. The van der Waals surface area contributed by atoms with E-state index in [-0.39, 0.29) is 5.41 Å². The molecule has 2 aliphatic carbocycles. The average Bonchev–Trinajstić information content (AvgIpc) is 3.17. The van der Waals surface area contributed by atoms with E-state index in [9.17, 15) is 5.11 Å². The number of anilines is 2. The number of aromatic amines is 1. The lowest BCUT2D eigenvalue weighted by atomic mass is 9.53. The standard InChI is InChI=1S/C23H26N4O/c28-22-12-18-14(10-20-17-3-1-2-6-23(17,18)7-8-24-20)11-21(22)26-16-4-5-19-15(9-16)13-25-27-19/h4-5,9,11-13,17,20,24,26,28H,1-3,6-8,10H2,(H,25,27)/t17-,20+,23+/m1/s1. The number of hydrogen-bond acceptors (Lipinski definition) is 4. The molecule has 1 aromatic heterocycles. The third-order valence-corrected chi connectivity index (χ3v) is 7.48. The average molecular weight is 374 g/mol. The molecule has 3 aliphatic rings. The molecule has 1 saturated carbocycles. The second-order valence-electron chi connectivity index (χ2n) is 8.85. The SMILES string of the molecule is Oc1cc2c(cc1Nc1ccc3[nH]ncc3c1)C[C@@H]1NCC[C@]23CCCC[C@H]13. The summed E-state index contributed by atoms with van der Waals surface area (Å²) in [6, 6.07) is 10.9. The van der Waals surface area contributed by atoms with Crippen molar-refractivity contribution in [3.05, 3.63) is 47.7 Å². The molecule has 3 aromatic rings. The Labute approximate surface area is 164 Å². The molecule has 0 unspecified atom stereocenters. The molecule has 144 valence electrons. The van der Waals surface area contributed by atoms with Gasteiger partial charge in [0.2, 0.25) is 0 Å². The van der Waals surface area contributed by atoms with E-state index in [1.165, 1.54) is 43.2 Å². The van der Waals surface area contributed by atoms with E-state index in [2.05, 4.69) is 39.0 Å². The summed E-state index contributed by atoms with van der Waals surface area (Å²) in [6.45, 7) is 1.10. The molecule has 0 amide bonds. The van der Waals surface area contributed by atoms with Crippen molar-refractivity contribution >= 4 is 22.3 Å². The van der Waals surface area contributed by atoms with E-state index >= 15 is 0 Å². The second kappa shape index (κ2) is 5.98. The van der Waals surface area contributed by atoms with Crippen LogP contribution in [0, 0.1) is 5.92 Å². The number of phenolic OH excluding ortho intramolecular Hbond substituents is 1. The first-order valence-electron chi connectivity index (χ1n) is 10.5. The van der Waals surface area contributed by atoms with Gasteiger partial charge in [0.25, 0.3) is 0 Å². The van der Waals surface area contributed by atoms with Crippen molar-refractivity contribution in [1.82, 2.24) is 15.5 Å². The first-order chi connectivity index (χ1) is 13.7. The lowest BCUT2D eigenvalue weighted by molar-refractivity contribution is 0.0796. The maximum Gasteiger partial charge on any atom is 0.139 e. The number of nitrogens with zero attached hydrogens (tertiary/aromatic N) is 1. The van der Waals surface area contributed by atoms with Crippen LogP contribution in [-0.4, -0.2) is 27.9 Å². The molecule has 1 aliphatic heterocycles. The normalized spacial score (nSPS) is 28.6. The fourth-order valence-corrected chi connectivity index (χ4v) is 6.25. The summed E-state index contributed by atoms with van der Waals surface area (Å²) in [5, 5.41) is 26.2. The Hall–Kier alpha value is -2.53. The van der Waals surface area contributed by atoms with Crippen LogP contribution < -0.4 is 10.6 Å². The zero-order chi connectivity index (χ0) is 18.7. The zero-order valence-electron chi connectivity index (χ0n) is 16.0. The molecule has 1 saturated heterocycles. The topological polar surface area (TPSA) is 73.0 Å². The molecule has 3 atom stereocenters. The lowest BCUT2D eigenvalue weighted by Gasteiger charge is -2.56. The Morgan fingerprint density at radius 1 is 1.14 bits per heavy atom. The van der Waals surface area contributed by atoms with Crippen molar-refractivity contribution in [1.29, 1.82) is 0 Å². The molecule has 2 aromatic carbocycles. The van der Waals surface area contributed by atoms with Crippen LogP contribution in [-0.2, 0) is 11.8 Å². The molecule has 2 heterocycles. The molecule has 2 fully saturated rings. The number of rotatable bonds is 2. The molecular weight excluding hydrogens is 348 g/mol. The maximum absolute atomic E-state index is 10.9. The van der Waals surface area contributed by atoms with Gasteiger partial charge in [0.05, 0.1) is 17.4 Å². The third kappa shape index (κ3) is 2.32. The third-order valence-electron chi connectivity index (χ3n) is 7.48.